The van der Waals surface area contributed by atoms with Gasteiger partial charge in [-0.3, -0.25) is 14.4 Å². The van der Waals surface area contributed by atoms with Crippen LogP contribution in [-0.4, -0.2) is 26.3 Å². The number of thiophene rings is 1. The molecule has 0 bridgehead atoms. The topological polar surface area (TPSA) is 83.9 Å². The van der Waals surface area contributed by atoms with Crippen molar-refractivity contribution in [3.63, 3.8) is 0 Å². The lowest BCUT2D eigenvalue weighted by molar-refractivity contribution is -0.118. The second-order valence-electron chi connectivity index (χ2n) is 8.99. The lowest BCUT2D eigenvalue weighted by Gasteiger charge is -2.12. The summed E-state index contributed by atoms with van der Waals surface area (Å²) in [6.07, 6.45) is 0.588. The highest BCUT2D eigenvalue weighted by Crippen LogP contribution is 2.39. The number of aromatic nitrogens is 3. The SMILES string of the molecule is Cc1ccc(CC(=O)C[C@@H]2N=C(c3ccc(C#N)cc3)c3c(sc(C)c3C)-n3c(C)nnc32)cc1. The van der Waals surface area contributed by atoms with Gasteiger partial charge >= 0.3 is 0 Å². The van der Waals surface area contributed by atoms with Gasteiger partial charge in [-0.05, 0) is 51.0 Å². The number of hydrogen-bond donors (Lipinski definition) is 0. The molecule has 0 amide bonds. The Hall–Kier alpha value is -3.89. The smallest absolute Gasteiger partial charge is 0.163 e. The number of hydrogen-bond acceptors (Lipinski definition) is 6. The minimum Gasteiger partial charge on any atom is -0.299 e. The maximum absolute atomic E-state index is 13.2. The van der Waals surface area contributed by atoms with Gasteiger partial charge in [-0.1, -0.05) is 42.0 Å². The molecule has 0 N–H and O–H groups in total. The van der Waals surface area contributed by atoms with Gasteiger partial charge in [0.05, 0.1) is 17.3 Å². The van der Waals surface area contributed by atoms with E-state index in [2.05, 4.69) is 34.7 Å². The molecule has 0 spiro atoms. The van der Waals surface area contributed by atoms with Crippen LogP contribution in [0.25, 0.3) is 5.00 Å². The van der Waals surface area contributed by atoms with Gasteiger partial charge in [0.1, 0.15) is 22.7 Å². The third kappa shape index (κ3) is 4.22. The lowest BCUT2D eigenvalue weighted by atomic mass is 9.98. The van der Waals surface area contributed by atoms with Gasteiger partial charge in [-0.25, -0.2) is 0 Å². The number of carbonyl (C=O) groups is 1. The maximum atomic E-state index is 13.2. The number of benzene rings is 2. The molecule has 0 saturated carbocycles. The third-order valence-electron chi connectivity index (χ3n) is 6.47. The van der Waals surface area contributed by atoms with E-state index in [-0.39, 0.29) is 12.2 Å². The summed E-state index contributed by atoms with van der Waals surface area (Å²) < 4.78 is 2.06. The van der Waals surface area contributed by atoms with Gasteiger partial charge in [0.15, 0.2) is 5.82 Å². The second-order valence-corrected chi connectivity index (χ2v) is 10.2. The number of aliphatic imine (C=N–C) groups is 1. The third-order valence-corrected chi connectivity index (χ3v) is 7.66. The molecule has 5 rings (SSSR count). The minimum atomic E-state index is -0.459. The first-order chi connectivity index (χ1) is 16.9. The standard InChI is InChI=1S/C28H25N5OS/c1-16-5-7-20(8-6-16)13-23(34)14-24-27-32-31-19(4)33(27)28-25(17(2)18(3)35-28)26(30-24)22-11-9-21(15-29)10-12-22/h5-12,24H,13-14H2,1-4H3/t24-/m0/s1. The molecule has 0 fully saturated rings. The van der Waals surface area contributed by atoms with Crippen LogP contribution in [0.5, 0.6) is 0 Å². The molecule has 3 heterocycles. The van der Waals surface area contributed by atoms with Crippen LogP contribution in [0.3, 0.4) is 0 Å². The first-order valence-corrected chi connectivity index (χ1v) is 12.4. The molecule has 35 heavy (non-hydrogen) atoms. The summed E-state index contributed by atoms with van der Waals surface area (Å²) >= 11 is 1.69. The molecule has 0 radical (unpaired) electrons. The van der Waals surface area contributed by atoms with E-state index in [1.165, 1.54) is 10.4 Å². The molecule has 1 aliphatic heterocycles. The van der Waals surface area contributed by atoms with E-state index in [1.54, 1.807) is 23.5 Å². The summed E-state index contributed by atoms with van der Waals surface area (Å²) in [4.78, 5) is 19.6. The van der Waals surface area contributed by atoms with Crippen molar-refractivity contribution < 1.29 is 4.79 Å². The Morgan fingerprint density at radius 2 is 1.74 bits per heavy atom. The molecule has 1 atom stereocenters. The molecule has 6 nitrogen and oxygen atoms in total. The Labute approximate surface area is 208 Å². The first kappa shape index (κ1) is 22.9. The Morgan fingerprint density at radius 3 is 2.43 bits per heavy atom. The predicted octanol–water partition coefficient (Wildman–Crippen LogP) is 5.53. The molecule has 7 heteroatoms. The van der Waals surface area contributed by atoms with E-state index in [1.807, 2.05) is 50.2 Å². The molecule has 0 aliphatic carbocycles. The number of carbonyl (C=O) groups excluding carboxylic acids is 1. The summed E-state index contributed by atoms with van der Waals surface area (Å²) in [5.74, 6) is 1.56. The van der Waals surface area contributed by atoms with Crippen molar-refractivity contribution in [3.05, 3.63) is 98.4 Å². The predicted molar refractivity (Wildman–Crippen MR) is 137 cm³/mol. The monoisotopic (exact) mass is 479 g/mol. The summed E-state index contributed by atoms with van der Waals surface area (Å²) in [7, 11) is 0. The van der Waals surface area contributed by atoms with Crippen molar-refractivity contribution in [2.75, 3.05) is 0 Å². The van der Waals surface area contributed by atoms with E-state index < -0.39 is 6.04 Å². The zero-order valence-corrected chi connectivity index (χ0v) is 21.0. The molecule has 0 saturated heterocycles. The Balaban J connectivity index is 1.61. The fourth-order valence-electron chi connectivity index (χ4n) is 4.45. The van der Waals surface area contributed by atoms with E-state index >= 15 is 0 Å². The first-order valence-electron chi connectivity index (χ1n) is 11.5. The van der Waals surface area contributed by atoms with Crippen LogP contribution >= 0.6 is 11.3 Å². The number of nitriles is 1. The second kappa shape index (κ2) is 9.05. The number of aryl methyl sites for hydroxylation is 3. The normalized spacial score (nSPS) is 14.5. The van der Waals surface area contributed by atoms with E-state index in [0.717, 1.165) is 38.8 Å². The van der Waals surface area contributed by atoms with Crippen LogP contribution in [0.2, 0.25) is 0 Å². The Morgan fingerprint density at radius 1 is 1.03 bits per heavy atom. The van der Waals surface area contributed by atoms with Crippen molar-refractivity contribution >= 4 is 22.8 Å². The molecule has 0 unspecified atom stereocenters. The van der Waals surface area contributed by atoms with Crippen LogP contribution in [0, 0.1) is 39.0 Å². The molecule has 1 aliphatic rings. The Bertz CT molecular complexity index is 1500. The fourth-order valence-corrected chi connectivity index (χ4v) is 5.66. The number of rotatable bonds is 5. The number of nitrogens with zero attached hydrogens (tertiary/aromatic N) is 5. The van der Waals surface area contributed by atoms with Crippen LogP contribution in [0.4, 0.5) is 0 Å². The zero-order valence-electron chi connectivity index (χ0n) is 20.2. The average Bonchev–Trinajstić information content (AvgIpc) is 3.33. The fraction of sp³-hybridized carbons (Fsp3) is 0.250. The van der Waals surface area contributed by atoms with Crippen molar-refractivity contribution in [1.29, 1.82) is 5.26 Å². The van der Waals surface area contributed by atoms with Gasteiger partial charge in [-0.2, -0.15) is 5.26 Å². The maximum Gasteiger partial charge on any atom is 0.163 e. The highest BCUT2D eigenvalue weighted by atomic mass is 32.1. The number of fused-ring (bicyclic) bond motifs is 3. The minimum absolute atomic E-state index is 0.104. The molecular formula is C28H25N5OS. The highest BCUT2D eigenvalue weighted by molar-refractivity contribution is 7.15. The van der Waals surface area contributed by atoms with Crippen molar-refractivity contribution in [2.24, 2.45) is 4.99 Å². The van der Waals surface area contributed by atoms with Gasteiger partial charge in [0, 0.05) is 28.8 Å². The average molecular weight is 480 g/mol. The van der Waals surface area contributed by atoms with E-state index in [4.69, 9.17) is 4.99 Å². The van der Waals surface area contributed by atoms with Gasteiger partial charge in [-0.15, -0.1) is 21.5 Å². The summed E-state index contributed by atoms with van der Waals surface area (Å²) in [6, 6.07) is 17.2. The van der Waals surface area contributed by atoms with Gasteiger partial charge in [0.2, 0.25) is 0 Å². The molecule has 174 valence electrons. The lowest BCUT2D eigenvalue weighted by Crippen LogP contribution is -2.13. The molecule has 4 aromatic rings. The highest BCUT2D eigenvalue weighted by Gasteiger charge is 2.32. The summed E-state index contributed by atoms with van der Waals surface area (Å²) in [5, 5.41) is 19.1. The van der Waals surface area contributed by atoms with Crippen LogP contribution in [-0.2, 0) is 11.2 Å². The van der Waals surface area contributed by atoms with E-state index in [0.29, 0.717) is 17.8 Å². The van der Waals surface area contributed by atoms with Gasteiger partial charge < -0.3 is 0 Å². The van der Waals surface area contributed by atoms with Crippen molar-refractivity contribution in [1.82, 2.24) is 14.8 Å². The summed E-state index contributed by atoms with van der Waals surface area (Å²) in [6.45, 7) is 8.18. The van der Waals surface area contributed by atoms with Crippen molar-refractivity contribution in [2.45, 2.75) is 46.6 Å². The molecule has 2 aromatic heterocycles. The zero-order chi connectivity index (χ0) is 24.7. The van der Waals surface area contributed by atoms with Crippen LogP contribution < -0.4 is 0 Å². The van der Waals surface area contributed by atoms with Crippen LogP contribution in [0.15, 0.2) is 53.5 Å². The molecule has 2 aromatic carbocycles. The number of ketones is 1. The Kier molecular flexibility index (Phi) is 5.91. The summed E-state index contributed by atoms with van der Waals surface area (Å²) in [5.41, 5.74) is 6.69. The number of Topliss-reactive ketones (excluding diaryl/α,β-unsaturated/α-hetero) is 1. The van der Waals surface area contributed by atoms with Crippen LogP contribution in [0.1, 0.15) is 62.4 Å². The largest absolute Gasteiger partial charge is 0.299 e. The van der Waals surface area contributed by atoms with Gasteiger partial charge in [0.25, 0.3) is 0 Å². The molecular weight excluding hydrogens is 454 g/mol. The quantitative estimate of drug-likeness (QED) is 0.377. The van der Waals surface area contributed by atoms with E-state index in [9.17, 15) is 10.1 Å². The van der Waals surface area contributed by atoms with Crippen molar-refractivity contribution in [3.8, 4) is 11.1 Å².